The first-order chi connectivity index (χ1) is 14.8. The molecule has 0 bridgehead atoms. The van der Waals surface area contributed by atoms with Gasteiger partial charge in [0.05, 0.1) is 11.4 Å². The molecular formula is C23H22ClFN2O3S. The van der Waals surface area contributed by atoms with Crippen LogP contribution in [0.2, 0.25) is 5.02 Å². The van der Waals surface area contributed by atoms with Crippen molar-refractivity contribution in [1.82, 2.24) is 9.21 Å². The first kappa shape index (κ1) is 22.9. The van der Waals surface area contributed by atoms with Gasteiger partial charge in [-0.1, -0.05) is 60.1 Å². The van der Waals surface area contributed by atoms with Crippen molar-refractivity contribution in [1.29, 1.82) is 0 Å². The van der Waals surface area contributed by atoms with Gasteiger partial charge in [-0.15, -0.1) is 0 Å². The third-order valence-corrected chi connectivity index (χ3v) is 6.81. The molecule has 0 radical (unpaired) electrons. The molecule has 0 aliphatic rings. The summed E-state index contributed by atoms with van der Waals surface area (Å²) in [5, 5.41) is 0.387. The number of carbonyl (C=O) groups is 1. The third kappa shape index (κ3) is 5.91. The number of hydrogen-bond donors (Lipinski definition) is 0. The predicted molar refractivity (Wildman–Crippen MR) is 118 cm³/mol. The van der Waals surface area contributed by atoms with Crippen LogP contribution in [0.15, 0.2) is 83.8 Å². The van der Waals surface area contributed by atoms with Gasteiger partial charge >= 0.3 is 0 Å². The molecule has 5 nitrogen and oxygen atoms in total. The Bertz CT molecular complexity index is 1140. The fourth-order valence-corrected chi connectivity index (χ4v) is 4.51. The molecule has 3 rings (SSSR count). The molecule has 0 fully saturated rings. The van der Waals surface area contributed by atoms with E-state index in [4.69, 9.17) is 11.6 Å². The first-order valence-corrected chi connectivity index (χ1v) is 11.4. The Kier molecular flexibility index (Phi) is 7.43. The fourth-order valence-electron chi connectivity index (χ4n) is 3.02. The van der Waals surface area contributed by atoms with Crippen LogP contribution in [0.25, 0.3) is 0 Å². The molecule has 0 aliphatic heterocycles. The summed E-state index contributed by atoms with van der Waals surface area (Å²) in [7, 11) is -2.47. The molecule has 162 valence electrons. The van der Waals surface area contributed by atoms with Crippen LogP contribution in [-0.2, 0) is 27.9 Å². The Morgan fingerprint density at radius 1 is 0.903 bits per heavy atom. The van der Waals surface area contributed by atoms with Crippen LogP contribution in [0.5, 0.6) is 0 Å². The van der Waals surface area contributed by atoms with Crippen molar-refractivity contribution in [3.05, 3.63) is 101 Å². The van der Waals surface area contributed by atoms with Crippen molar-refractivity contribution in [2.45, 2.75) is 18.0 Å². The zero-order valence-corrected chi connectivity index (χ0v) is 18.5. The maximum absolute atomic E-state index is 14.2. The van der Waals surface area contributed by atoms with E-state index in [0.717, 1.165) is 9.87 Å². The molecular weight excluding hydrogens is 439 g/mol. The van der Waals surface area contributed by atoms with Gasteiger partial charge in [0.1, 0.15) is 5.82 Å². The Morgan fingerprint density at radius 3 is 2.16 bits per heavy atom. The summed E-state index contributed by atoms with van der Waals surface area (Å²) in [5.41, 5.74) is 1.10. The van der Waals surface area contributed by atoms with Gasteiger partial charge in [-0.3, -0.25) is 4.79 Å². The highest BCUT2D eigenvalue weighted by atomic mass is 35.5. The monoisotopic (exact) mass is 460 g/mol. The van der Waals surface area contributed by atoms with Gasteiger partial charge in [-0.2, -0.15) is 4.31 Å². The molecule has 0 aliphatic carbocycles. The second kappa shape index (κ2) is 10.0. The van der Waals surface area contributed by atoms with Gasteiger partial charge in [0.2, 0.25) is 15.9 Å². The van der Waals surface area contributed by atoms with Gasteiger partial charge in [0.25, 0.3) is 0 Å². The van der Waals surface area contributed by atoms with Gasteiger partial charge in [-0.05, 0) is 35.9 Å². The van der Waals surface area contributed by atoms with Crippen LogP contribution in [0.1, 0.15) is 11.1 Å². The molecule has 0 atom stereocenters. The summed E-state index contributed by atoms with van der Waals surface area (Å²) in [6.07, 6.45) is 0. The number of nitrogens with zero attached hydrogens (tertiary/aromatic N) is 2. The average molecular weight is 461 g/mol. The van der Waals surface area contributed by atoms with Crippen LogP contribution < -0.4 is 0 Å². The largest absolute Gasteiger partial charge is 0.340 e. The van der Waals surface area contributed by atoms with Gasteiger partial charge in [-0.25, -0.2) is 12.8 Å². The Labute approximate surface area is 186 Å². The molecule has 0 heterocycles. The fraction of sp³-hybridized carbons (Fsp3) is 0.174. The zero-order valence-electron chi connectivity index (χ0n) is 16.9. The number of hydrogen-bond acceptors (Lipinski definition) is 3. The predicted octanol–water partition coefficient (Wildman–Crippen LogP) is 4.33. The molecule has 0 saturated carbocycles. The topological polar surface area (TPSA) is 57.7 Å². The number of benzene rings is 3. The van der Waals surface area contributed by atoms with E-state index >= 15 is 0 Å². The molecule has 8 heteroatoms. The van der Waals surface area contributed by atoms with Gasteiger partial charge < -0.3 is 4.90 Å². The minimum atomic E-state index is -4.07. The summed E-state index contributed by atoms with van der Waals surface area (Å²) >= 11 is 5.88. The molecule has 0 N–H and O–H groups in total. The molecule has 0 aromatic heterocycles. The Balaban J connectivity index is 1.87. The van der Waals surface area contributed by atoms with Crippen molar-refractivity contribution in [2.75, 3.05) is 13.6 Å². The van der Waals surface area contributed by atoms with E-state index in [1.54, 1.807) is 13.1 Å². The van der Waals surface area contributed by atoms with Crippen LogP contribution in [-0.4, -0.2) is 37.1 Å². The third-order valence-electron chi connectivity index (χ3n) is 4.76. The quantitative estimate of drug-likeness (QED) is 0.502. The van der Waals surface area contributed by atoms with Gasteiger partial charge in [0, 0.05) is 30.7 Å². The lowest BCUT2D eigenvalue weighted by Gasteiger charge is -2.25. The highest BCUT2D eigenvalue weighted by Gasteiger charge is 2.28. The normalized spacial score (nSPS) is 11.5. The maximum atomic E-state index is 14.2. The molecule has 31 heavy (non-hydrogen) atoms. The van der Waals surface area contributed by atoms with Crippen molar-refractivity contribution in [2.24, 2.45) is 0 Å². The molecule has 0 unspecified atom stereocenters. The zero-order chi connectivity index (χ0) is 22.4. The average Bonchev–Trinajstić information content (AvgIpc) is 2.75. The van der Waals surface area contributed by atoms with E-state index in [1.807, 2.05) is 30.3 Å². The van der Waals surface area contributed by atoms with E-state index in [1.165, 1.54) is 47.4 Å². The van der Waals surface area contributed by atoms with Crippen LogP contribution in [0.3, 0.4) is 0 Å². The summed E-state index contributed by atoms with van der Waals surface area (Å²) in [6.45, 7) is -0.376. The van der Waals surface area contributed by atoms with E-state index < -0.39 is 28.3 Å². The van der Waals surface area contributed by atoms with Crippen LogP contribution in [0.4, 0.5) is 4.39 Å². The smallest absolute Gasteiger partial charge is 0.243 e. The molecule has 0 saturated heterocycles. The number of rotatable bonds is 8. The Hall–Kier alpha value is -2.74. The van der Waals surface area contributed by atoms with E-state index in [0.29, 0.717) is 11.6 Å². The number of likely N-dealkylation sites (N-methyl/N-ethyl adjacent to an activating group) is 1. The van der Waals surface area contributed by atoms with Crippen LogP contribution >= 0.6 is 11.6 Å². The summed E-state index contributed by atoms with van der Waals surface area (Å²) in [6, 6.07) is 20.9. The maximum Gasteiger partial charge on any atom is 0.243 e. The Morgan fingerprint density at radius 2 is 1.52 bits per heavy atom. The lowest BCUT2D eigenvalue weighted by Crippen LogP contribution is -2.41. The highest BCUT2D eigenvalue weighted by Crippen LogP contribution is 2.22. The van der Waals surface area contributed by atoms with E-state index in [2.05, 4.69) is 0 Å². The van der Waals surface area contributed by atoms with Gasteiger partial charge in [0.15, 0.2) is 0 Å². The first-order valence-electron chi connectivity index (χ1n) is 9.54. The van der Waals surface area contributed by atoms with Crippen molar-refractivity contribution < 1.29 is 17.6 Å². The SMILES string of the molecule is CN(Cc1ccccc1)C(=O)CN(Cc1ccccc1F)S(=O)(=O)c1ccc(Cl)cc1. The minimum Gasteiger partial charge on any atom is -0.340 e. The van der Waals surface area contributed by atoms with Crippen molar-refractivity contribution >= 4 is 27.5 Å². The molecule has 3 aromatic rings. The standard InChI is InChI=1S/C23H22ClFN2O3S/c1-26(15-18-7-3-2-4-8-18)23(28)17-27(16-19-9-5-6-10-22(19)25)31(29,30)21-13-11-20(24)12-14-21/h2-14H,15-17H2,1H3. The lowest BCUT2D eigenvalue weighted by molar-refractivity contribution is -0.130. The number of amides is 1. The summed E-state index contributed by atoms with van der Waals surface area (Å²) in [4.78, 5) is 14.3. The van der Waals surface area contributed by atoms with Crippen molar-refractivity contribution in [3.8, 4) is 0 Å². The number of carbonyl (C=O) groups excluding carboxylic acids is 1. The van der Waals surface area contributed by atoms with E-state index in [-0.39, 0.29) is 17.0 Å². The van der Waals surface area contributed by atoms with E-state index in [9.17, 15) is 17.6 Å². The van der Waals surface area contributed by atoms with Crippen molar-refractivity contribution in [3.63, 3.8) is 0 Å². The van der Waals surface area contributed by atoms with Crippen LogP contribution in [0, 0.1) is 5.82 Å². The molecule has 0 spiro atoms. The second-order valence-corrected chi connectivity index (χ2v) is 9.43. The second-order valence-electron chi connectivity index (χ2n) is 7.05. The number of halogens is 2. The minimum absolute atomic E-state index is 0.0215. The highest BCUT2D eigenvalue weighted by molar-refractivity contribution is 7.89. The molecule has 1 amide bonds. The number of sulfonamides is 1. The summed E-state index contributed by atoms with van der Waals surface area (Å²) in [5.74, 6) is -0.943. The lowest BCUT2D eigenvalue weighted by atomic mass is 10.2. The molecule has 3 aromatic carbocycles. The summed E-state index contributed by atoms with van der Waals surface area (Å²) < 4.78 is 41.8.